The summed E-state index contributed by atoms with van der Waals surface area (Å²) in [5, 5.41) is 8.55. The maximum atomic E-state index is 13.2. The second-order valence-electron chi connectivity index (χ2n) is 2.68. The maximum absolute atomic E-state index is 13.2. The van der Waals surface area contributed by atoms with Gasteiger partial charge in [-0.3, -0.25) is 4.79 Å². The Kier molecular flexibility index (Phi) is 3.49. The number of carboxylic acid groups (broad SMARTS) is 1. The molecule has 0 atom stereocenters. The van der Waals surface area contributed by atoms with Crippen LogP contribution in [-0.4, -0.2) is 24.0 Å². The SMILES string of the molecule is O=Cc1cc(OC(F)F)cc(C(=O)O)c1F. The number of hydrogen-bond donors (Lipinski definition) is 1. The van der Waals surface area contributed by atoms with E-state index in [0.717, 1.165) is 0 Å². The molecule has 16 heavy (non-hydrogen) atoms. The molecule has 86 valence electrons. The van der Waals surface area contributed by atoms with E-state index in [0.29, 0.717) is 12.1 Å². The molecule has 1 aromatic carbocycles. The van der Waals surface area contributed by atoms with Crippen molar-refractivity contribution in [1.29, 1.82) is 0 Å². The highest BCUT2D eigenvalue weighted by Gasteiger charge is 2.18. The van der Waals surface area contributed by atoms with E-state index < -0.39 is 35.3 Å². The maximum Gasteiger partial charge on any atom is 0.387 e. The molecule has 0 saturated heterocycles. The Morgan fingerprint density at radius 3 is 2.50 bits per heavy atom. The lowest BCUT2D eigenvalue weighted by molar-refractivity contribution is -0.0500. The Morgan fingerprint density at radius 1 is 1.44 bits per heavy atom. The molecule has 0 amide bonds. The van der Waals surface area contributed by atoms with E-state index >= 15 is 0 Å². The van der Waals surface area contributed by atoms with Crippen molar-refractivity contribution in [1.82, 2.24) is 0 Å². The zero-order chi connectivity index (χ0) is 12.3. The fourth-order valence-electron chi connectivity index (χ4n) is 1.03. The number of ether oxygens (including phenoxy) is 1. The summed E-state index contributed by atoms with van der Waals surface area (Å²) in [4.78, 5) is 20.9. The van der Waals surface area contributed by atoms with Gasteiger partial charge in [-0.15, -0.1) is 0 Å². The first-order valence-electron chi connectivity index (χ1n) is 3.92. The Balaban J connectivity index is 3.28. The van der Waals surface area contributed by atoms with E-state index in [1.165, 1.54) is 0 Å². The zero-order valence-electron chi connectivity index (χ0n) is 7.62. The summed E-state index contributed by atoms with van der Waals surface area (Å²) < 4.78 is 40.7. The summed E-state index contributed by atoms with van der Waals surface area (Å²) in [6.07, 6.45) is 0.0140. The second kappa shape index (κ2) is 4.65. The van der Waals surface area contributed by atoms with Crippen molar-refractivity contribution in [2.24, 2.45) is 0 Å². The van der Waals surface area contributed by atoms with Gasteiger partial charge in [-0.05, 0) is 12.1 Å². The lowest BCUT2D eigenvalue weighted by Gasteiger charge is -2.07. The van der Waals surface area contributed by atoms with Crippen LogP contribution in [0.1, 0.15) is 20.7 Å². The third kappa shape index (κ3) is 2.50. The Labute approximate surface area is 87.3 Å². The molecule has 0 heterocycles. The third-order valence-electron chi connectivity index (χ3n) is 1.66. The molecule has 1 aromatic rings. The molecule has 1 N–H and O–H groups in total. The largest absolute Gasteiger partial charge is 0.478 e. The highest BCUT2D eigenvalue weighted by molar-refractivity contribution is 5.91. The van der Waals surface area contributed by atoms with Crippen LogP contribution in [0, 0.1) is 5.82 Å². The minimum atomic E-state index is -3.19. The molecule has 4 nitrogen and oxygen atoms in total. The highest BCUT2D eigenvalue weighted by Crippen LogP contribution is 2.22. The fourth-order valence-corrected chi connectivity index (χ4v) is 1.03. The fraction of sp³-hybridized carbons (Fsp3) is 0.111. The summed E-state index contributed by atoms with van der Waals surface area (Å²) in [5.74, 6) is -3.56. The van der Waals surface area contributed by atoms with Gasteiger partial charge in [0.25, 0.3) is 0 Å². The molecule has 0 aliphatic carbocycles. The molecule has 0 spiro atoms. The second-order valence-corrected chi connectivity index (χ2v) is 2.68. The Hall–Kier alpha value is -2.05. The standard InChI is InChI=1S/C9H5F3O4/c10-7-4(3-13)1-5(16-9(11)12)2-6(7)8(14)15/h1-3,9H,(H,14,15). The minimum absolute atomic E-state index is 0.0140. The Bertz CT molecular complexity index is 431. The molecular weight excluding hydrogens is 229 g/mol. The Morgan fingerprint density at radius 2 is 2.06 bits per heavy atom. The van der Waals surface area contributed by atoms with Crippen molar-refractivity contribution in [3.8, 4) is 5.75 Å². The zero-order valence-corrected chi connectivity index (χ0v) is 7.62. The molecule has 0 aromatic heterocycles. The molecule has 0 unspecified atom stereocenters. The van der Waals surface area contributed by atoms with Gasteiger partial charge in [0.05, 0.1) is 11.1 Å². The van der Waals surface area contributed by atoms with Crippen LogP contribution in [0.5, 0.6) is 5.75 Å². The van der Waals surface area contributed by atoms with E-state index in [1.54, 1.807) is 0 Å². The minimum Gasteiger partial charge on any atom is -0.478 e. The lowest BCUT2D eigenvalue weighted by Crippen LogP contribution is -2.08. The monoisotopic (exact) mass is 234 g/mol. The highest BCUT2D eigenvalue weighted by atomic mass is 19.3. The summed E-state index contributed by atoms with van der Waals surface area (Å²) in [5.41, 5.74) is -1.56. The first-order valence-corrected chi connectivity index (χ1v) is 3.92. The predicted molar refractivity (Wildman–Crippen MR) is 45.4 cm³/mol. The number of alkyl halides is 2. The van der Waals surface area contributed by atoms with Crippen LogP contribution in [0.3, 0.4) is 0 Å². The summed E-state index contributed by atoms with van der Waals surface area (Å²) in [6, 6.07) is 1.28. The molecule has 1 rings (SSSR count). The van der Waals surface area contributed by atoms with Gasteiger partial charge < -0.3 is 9.84 Å². The molecular formula is C9H5F3O4. The van der Waals surface area contributed by atoms with Gasteiger partial charge in [0, 0.05) is 0 Å². The number of carbonyl (C=O) groups excluding carboxylic acids is 1. The van der Waals surface area contributed by atoms with Gasteiger partial charge in [0.1, 0.15) is 11.6 Å². The molecule has 0 aliphatic rings. The van der Waals surface area contributed by atoms with Crippen LogP contribution in [0.2, 0.25) is 0 Å². The van der Waals surface area contributed by atoms with Crippen molar-refractivity contribution in [3.05, 3.63) is 29.1 Å². The van der Waals surface area contributed by atoms with Gasteiger partial charge in [-0.2, -0.15) is 8.78 Å². The van der Waals surface area contributed by atoms with Crippen molar-refractivity contribution in [2.45, 2.75) is 6.61 Å². The van der Waals surface area contributed by atoms with E-state index in [-0.39, 0.29) is 6.29 Å². The molecule has 7 heteroatoms. The number of carboxylic acids is 1. The smallest absolute Gasteiger partial charge is 0.387 e. The normalized spacial score (nSPS) is 10.2. The van der Waals surface area contributed by atoms with E-state index in [4.69, 9.17) is 5.11 Å². The van der Waals surface area contributed by atoms with Crippen molar-refractivity contribution in [2.75, 3.05) is 0 Å². The van der Waals surface area contributed by atoms with Crippen LogP contribution in [0.4, 0.5) is 13.2 Å². The quantitative estimate of drug-likeness (QED) is 0.808. The van der Waals surface area contributed by atoms with Crippen LogP contribution in [0.15, 0.2) is 12.1 Å². The van der Waals surface area contributed by atoms with Crippen molar-refractivity contribution in [3.63, 3.8) is 0 Å². The molecule has 0 fully saturated rings. The number of rotatable bonds is 4. The number of carbonyl (C=O) groups is 2. The molecule has 0 radical (unpaired) electrons. The van der Waals surface area contributed by atoms with Crippen LogP contribution >= 0.6 is 0 Å². The van der Waals surface area contributed by atoms with Gasteiger partial charge in [-0.25, -0.2) is 9.18 Å². The molecule has 0 aliphatic heterocycles. The average molecular weight is 234 g/mol. The van der Waals surface area contributed by atoms with Crippen LogP contribution < -0.4 is 4.74 Å². The predicted octanol–water partition coefficient (Wildman–Crippen LogP) is 1.94. The molecule has 0 bridgehead atoms. The van der Waals surface area contributed by atoms with Crippen LogP contribution in [-0.2, 0) is 0 Å². The van der Waals surface area contributed by atoms with Gasteiger partial charge in [-0.1, -0.05) is 0 Å². The topological polar surface area (TPSA) is 63.6 Å². The summed E-state index contributed by atoms with van der Waals surface area (Å²) in [6.45, 7) is -3.19. The number of benzene rings is 1. The summed E-state index contributed by atoms with van der Waals surface area (Å²) in [7, 11) is 0. The molecule has 0 saturated carbocycles. The van der Waals surface area contributed by atoms with Gasteiger partial charge in [0.15, 0.2) is 6.29 Å². The number of hydrogen-bond acceptors (Lipinski definition) is 3. The first-order chi connectivity index (χ1) is 7.45. The number of halogens is 3. The van der Waals surface area contributed by atoms with E-state index in [1.807, 2.05) is 0 Å². The lowest BCUT2D eigenvalue weighted by atomic mass is 10.1. The number of aldehydes is 1. The van der Waals surface area contributed by atoms with Crippen molar-refractivity contribution >= 4 is 12.3 Å². The average Bonchev–Trinajstić information content (AvgIpc) is 2.19. The summed E-state index contributed by atoms with van der Waals surface area (Å²) >= 11 is 0. The van der Waals surface area contributed by atoms with Crippen LogP contribution in [0.25, 0.3) is 0 Å². The third-order valence-corrected chi connectivity index (χ3v) is 1.66. The van der Waals surface area contributed by atoms with Crippen molar-refractivity contribution < 1.29 is 32.6 Å². The van der Waals surface area contributed by atoms with Gasteiger partial charge in [0.2, 0.25) is 0 Å². The van der Waals surface area contributed by atoms with Gasteiger partial charge >= 0.3 is 12.6 Å². The number of aromatic carboxylic acids is 1. The van der Waals surface area contributed by atoms with E-state index in [2.05, 4.69) is 4.74 Å². The van der Waals surface area contributed by atoms with E-state index in [9.17, 15) is 22.8 Å². The first kappa shape index (κ1) is 12.0.